The third-order valence-corrected chi connectivity index (χ3v) is 6.89. The second-order valence-corrected chi connectivity index (χ2v) is 9.22. The summed E-state index contributed by atoms with van der Waals surface area (Å²) < 4.78 is 17.4. The number of benzene rings is 3. The highest BCUT2D eigenvalue weighted by Crippen LogP contribution is 2.42. The van der Waals surface area contributed by atoms with E-state index in [1.54, 1.807) is 0 Å². The standard InChI is InChI=1S/C29H27N3O4/c1-3-17(2)27(29-30-21-11-7-8-12-22(21)31-29)32-26(33)14-20-19-13-24-25(35-16-34-24)15-23(19)36-28(20)18-9-5-4-6-10-18/h4-13,15,17,27H,3,14,16H2,1-2H3,(H,30,31)(H,32,33)/t17-,27-/m0/s1. The van der Waals surface area contributed by atoms with E-state index in [4.69, 9.17) is 18.9 Å². The number of amides is 1. The van der Waals surface area contributed by atoms with Crippen LogP contribution in [0.25, 0.3) is 33.3 Å². The molecule has 2 N–H and O–H groups in total. The summed E-state index contributed by atoms with van der Waals surface area (Å²) in [6.07, 6.45) is 1.05. The van der Waals surface area contributed by atoms with Gasteiger partial charge in [0.2, 0.25) is 12.7 Å². The van der Waals surface area contributed by atoms with Crippen molar-refractivity contribution in [3.63, 3.8) is 0 Å². The van der Waals surface area contributed by atoms with Crippen LogP contribution in [-0.4, -0.2) is 22.7 Å². The SMILES string of the molecule is CC[C@H](C)[C@H](NC(=O)Cc1c(-c2ccccc2)oc2cc3c(cc12)OCO3)c1nc2ccccc2[nH]1. The number of carbonyl (C=O) groups excluding carboxylic acids is 1. The summed E-state index contributed by atoms with van der Waals surface area (Å²) in [6, 6.07) is 21.2. The lowest BCUT2D eigenvalue weighted by molar-refractivity contribution is -0.121. The predicted molar refractivity (Wildman–Crippen MR) is 138 cm³/mol. The van der Waals surface area contributed by atoms with Crippen molar-refractivity contribution >= 4 is 27.9 Å². The molecule has 2 atom stereocenters. The summed E-state index contributed by atoms with van der Waals surface area (Å²) in [4.78, 5) is 21.7. The van der Waals surface area contributed by atoms with E-state index in [1.807, 2.05) is 66.7 Å². The van der Waals surface area contributed by atoms with E-state index in [0.29, 0.717) is 22.8 Å². The van der Waals surface area contributed by atoms with Gasteiger partial charge in [0.15, 0.2) is 11.5 Å². The van der Waals surface area contributed by atoms with E-state index >= 15 is 0 Å². The van der Waals surface area contributed by atoms with Gasteiger partial charge in [0.1, 0.15) is 17.2 Å². The molecule has 3 heterocycles. The van der Waals surface area contributed by atoms with Crippen LogP contribution < -0.4 is 14.8 Å². The average Bonchev–Trinajstić information content (AvgIpc) is 3.63. The zero-order valence-electron chi connectivity index (χ0n) is 20.2. The van der Waals surface area contributed by atoms with Crippen LogP contribution in [0.5, 0.6) is 11.5 Å². The molecule has 5 aromatic rings. The quantitative estimate of drug-likeness (QED) is 0.291. The van der Waals surface area contributed by atoms with Gasteiger partial charge in [-0.25, -0.2) is 4.98 Å². The van der Waals surface area contributed by atoms with Crippen molar-refractivity contribution in [3.8, 4) is 22.8 Å². The van der Waals surface area contributed by atoms with Gasteiger partial charge >= 0.3 is 0 Å². The van der Waals surface area contributed by atoms with E-state index in [2.05, 4.69) is 24.1 Å². The van der Waals surface area contributed by atoms with Crippen LogP contribution in [-0.2, 0) is 11.2 Å². The van der Waals surface area contributed by atoms with Gasteiger partial charge < -0.3 is 24.2 Å². The molecule has 0 fully saturated rings. The molecule has 0 bridgehead atoms. The number of fused-ring (bicyclic) bond motifs is 3. The number of ether oxygens (including phenoxy) is 2. The third kappa shape index (κ3) is 3.96. The molecule has 1 amide bonds. The maximum atomic E-state index is 13.5. The molecule has 2 aromatic heterocycles. The van der Waals surface area contributed by atoms with Crippen molar-refractivity contribution < 1.29 is 18.7 Å². The second kappa shape index (κ2) is 9.07. The maximum absolute atomic E-state index is 13.5. The highest BCUT2D eigenvalue weighted by Gasteiger charge is 2.27. The van der Waals surface area contributed by atoms with E-state index in [0.717, 1.165) is 39.8 Å². The number of aromatic amines is 1. The van der Waals surface area contributed by atoms with Crippen molar-refractivity contribution in [2.45, 2.75) is 32.7 Å². The molecule has 7 heteroatoms. The fourth-order valence-electron chi connectivity index (χ4n) is 4.76. The molecule has 0 aliphatic carbocycles. The van der Waals surface area contributed by atoms with Crippen LogP contribution in [0.15, 0.2) is 71.1 Å². The maximum Gasteiger partial charge on any atom is 0.231 e. The van der Waals surface area contributed by atoms with E-state index in [9.17, 15) is 4.79 Å². The molecule has 0 spiro atoms. The van der Waals surface area contributed by atoms with E-state index in [-0.39, 0.29) is 31.1 Å². The monoisotopic (exact) mass is 481 g/mol. The molecule has 6 rings (SSSR count). The zero-order valence-corrected chi connectivity index (χ0v) is 20.2. The first-order valence-corrected chi connectivity index (χ1v) is 12.2. The molecule has 3 aromatic carbocycles. The topological polar surface area (TPSA) is 89.4 Å². The van der Waals surface area contributed by atoms with Crippen LogP contribution in [0.3, 0.4) is 0 Å². The Balaban J connectivity index is 1.36. The molecular formula is C29H27N3O4. The number of hydrogen-bond acceptors (Lipinski definition) is 5. The van der Waals surface area contributed by atoms with Crippen LogP contribution in [0, 0.1) is 5.92 Å². The van der Waals surface area contributed by atoms with Crippen molar-refractivity contribution in [3.05, 3.63) is 78.1 Å². The first kappa shape index (κ1) is 22.2. The molecule has 7 nitrogen and oxygen atoms in total. The summed E-state index contributed by atoms with van der Waals surface area (Å²) in [6.45, 7) is 4.42. The zero-order chi connectivity index (χ0) is 24.6. The highest BCUT2D eigenvalue weighted by molar-refractivity contribution is 5.95. The first-order valence-electron chi connectivity index (χ1n) is 12.2. The van der Waals surface area contributed by atoms with Crippen LogP contribution >= 0.6 is 0 Å². The minimum Gasteiger partial charge on any atom is -0.456 e. The molecule has 1 aliphatic rings. The number of hydrogen-bond donors (Lipinski definition) is 2. The van der Waals surface area contributed by atoms with Crippen LogP contribution in [0.1, 0.15) is 37.7 Å². The van der Waals surface area contributed by atoms with Gasteiger partial charge in [-0.3, -0.25) is 4.79 Å². The summed E-state index contributed by atoms with van der Waals surface area (Å²) >= 11 is 0. The van der Waals surface area contributed by atoms with Crippen molar-refractivity contribution in [2.24, 2.45) is 5.92 Å². The summed E-state index contributed by atoms with van der Waals surface area (Å²) in [5, 5.41) is 4.09. The number of imidazole rings is 1. The number of aromatic nitrogens is 2. The fourth-order valence-corrected chi connectivity index (χ4v) is 4.76. The van der Waals surface area contributed by atoms with Gasteiger partial charge in [0, 0.05) is 22.6 Å². The molecule has 0 saturated carbocycles. The molecule has 36 heavy (non-hydrogen) atoms. The van der Waals surface area contributed by atoms with Crippen molar-refractivity contribution in [1.29, 1.82) is 0 Å². The second-order valence-electron chi connectivity index (χ2n) is 9.22. The Morgan fingerprint density at radius 2 is 1.81 bits per heavy atom. The summed E-state index contributed by atoms with van der Waals surface area (Å²) in [5.41, 5.74) is 4.24. The van der Waals surface area contributed by atoms with Crippen molar-refractivity contribution in [1.82, 2.24) is 15.3 Å². The largest absolute Gasteiger partial charge is 0.456 e. The number of nitrogens with one attached hydrogen (secondary N) is 2. The predicted octanol–water partition coefficient (Wildman–Crippen LogP) is 6.15. The first-order chi connectivity index (χ1) is 17.6. The molecule has 182 valence electrons. The molecule has 0 saturated heterocycles. The minimum atomic E-state index is -0.241. The Morgan fingerprint density at radius 3 is 2.58 bits per heavy atom. The lowest BCUT2D eigenvalue weighted by Gasteiger charge is -2.22. The van der Waals surface area contributed by atoms with E-state index in [1.165, 1.54) is 0 Å². The average molecular weight is 482 g/mol. The number of nitrogens with zero attached hydrogens (tertiary/aromatic N) is 1. The van der Waals surface area contributed by atoms with Gasteiger partial charge in [-0.15, -0.1) is 0 Å². The number of rotatable bonds is 7. The number of H-pyrrole nitrogens is 1. The number of furan rings is 1. The molecule has 0 radical (unpaired) electrons. The normalized spacial score (nSPS) is 14.3. The Bertz CT molecular complexity index is 1520. The lowest BCUT2D eigenvalue weighted by Crippen LogP contribution is -2.34. The van der Waals surface area contributed by atoms with Gasteiger partial charge in [0.05, 0.1) is 23.5 Å². The Kier molecular flexibility index (Phi) is 5.60. The molecule has 0 unspecified atom stereocenters. The van der Waals surface area contributed by atoms with Crippen LogP contribution in [0.4, 0.5) is 0 Å². The Morgan fingerprint density at radius 1 is 1.06 bits per heavy atom. The van der Waals surface area contributed by atoms with E-state index < -0.39 is 0 Å². The molecule has 1 aliphatic heterocycles. The van der Waals surface area contributed by atoms with Crippen LogP contribution in [0.2, 0.25) is 0 Å². The van der Waals surface area contributed by atoms with Gasteiger partial charge in [-0.2, -0.15) is 0 Å². The fraction of sp³-hybridized carbons (Fsp3) is 0.241. The summed E-state index contributed by atoms with van der Waals surface area (Å²) in [7, 11) is 0. The Hall–Kier alpha value is -4.26. The summed E-state index contributed by atoms with van der Waals surface area (Å²) in [5.74, 6) is 2.84. The highest BCUT2D eigenvalue weighted by atomic mass is 16.7. The Labute approximate surface area is 208 Å². The molecular weight excluding hydrogens is 454 g/mol. The lowest BCUT2D eigenvalue weighted by atomic mass is 9.97. The van der Waals surface area contributed by atoms with Gasteiger partial charge in [0.25, 0.3) is 0 Å². The smallest absolute Gasteiger partial charge is 0.231 e. The van der Waals surface area contributed by atoms with Crippen molar-refractivity contribution in [2.75, 3.05) is 6.79 Å². The number of para-hydroxylation sites is 2. The minimum absolute atomic E-state index is 0.0988. The van der Waals surface area contributed by atoms with Gasteiger partial charge in [-0.1, -0.05) is 62.7 Å². The third-order valence-electron chi connectivity index (χ3n) is 6.89. The number of carbonyl (C=O) groups is 1. The van der Waals surface area contributed by atoms with Gasteiger partial charge in [-0.05, 0) is 24.1 Å².